The van der Waals surface area contributed by atoms with Crippen LogP contribution in [-0.2, 0) is 13.2 Å². The van der Waals surface area contributed by atoms with Gasteiger partial charge in [-0.2, -0.15) is 0 Å². The first-order valence-corrected chi connectivity index (χ1v) is 13.3. The van der Waals surface area contributed by atoms with Gasteiger partial charge in [-0.25, -0.2) is 9.18 Å². The molecule has 0 radical (unpaired) electrons. The fraction of sp³-hybridized carbons (Fsp3) is 0.290. The van der Waals surface area contributed by atoms with Crippen molar-refractivity contribution >= 4 is 22.6 Å². The van der Waals surface area contributed by atoms with Gasteiger partial charge in [-0.1, -0.05) is 42.5 Å². The standard InChI is InChI=1S/C31H30FN3O4/c32-27-16-25-28(35(23-8-9-23)19-26(30(25)36)31(37)38)17-29(27)34-14-12-33(13-15-34)18-21-6-10-24(11-7-21)39-20-22-4-2-1-3-5-22/h1-7,10-11,16-17,19,23H,8-9,12-15,18,20H2,(H,37,38). The molecule has 0 amide bonds. The molecule has 0 bridgehead atoms. The van der Waals surface area contributed by atoms with Crippen LogP contribution in [0.3, 0.4) is 0 Å². The Balaban J connectivity index is 1.12. The summed E-state index contributed by atoms with van der Waals surface area (Å²) in [6.45, 7) is 4.19. The third-order valence-electron chi connectivity index (χ3n) is 7.56. The number of ether oxygens (including phenoxy) is 1. The molecule has 2 heterocycles. The molecule has 3 aromatic carbocycles. The van der Waals surface area contributed by atoms with Crippen LogP contribution in [0.4, 0.5) is 10.1 Å². The molecule has 8 heteroatoms. The first-order valence-electron chi connectivity index (χ1n) is 13.3. The molecule has 0 atom stereocenters. The van der Waals surface area contributed by atoms with Crippen molar-refractivity contribution in [2.75, 3.05) is 31.1 Å². The van der Waals surface area contributed by atoms with Crippen LogP contribution >= 0.6 is 0 Å². The maximum atomic E-state index is 15.3. The fourth-order valence-electron chi connectivity index (χ4n) is 5.25. The molecule has 1 saturated carbocycles. The Labute approximate surface area is 225 Å². The number of carboxylic acid groups (broad SMARTS) is 1. The van der Waals surface area contributed by atoms with Crippen LogP contribution in [0.15, 0.2) is 77.7 Å². The number of fused-ring (bicyclic) bond motifs is 1. The number of piperazine rings is 1. The van der Waals surface area contributed by atoms with Gasteiger partial charge in [0.05, 0.1) is 11.2 Å². The van der Waals surface area contributed by atoms with E-state index >= 15 is 4.39 Å². The van der Waals surface area contributed by atoms with Crippen LogP contribution in [0.2, 0.25) is 0 Å². The van der Waals surface area contributed by atoms with Gasteiger partial charge in [0.2, 0.25) is 5.43 Å². The molecular weight excluding hydrogens is 497 g/mol. The first-order chi connectivity index (χ1) is 19.0. The van der Waals surface area contributed by atoms with Crippen molar-refractivity contribution in [2.45, 2.75) is 32.0 Å². The molecule has 7 nitrogen and oxygen atoms in total. The fourth-order valence-corrected chi connectivity index (χ4v) is 5.25. The van der Waals surface area contributed by atoms with Gasteiger partial charge >= 0.3 is 5.97 Å². The average molecular weight is 528 g/mol. The molecule has 1 aromatic heterocycles. The molecule has 1 aliphatic heterocycles. The Hall–Kier alpha value is -4.17. The molecule has 0 spiro atoms. The molecule has 2 fully saturated rings. The van der Waals surface area contributed by atoms with E-state index in [0.717, 1.165) is 43.8 Å². The molecule has 200 valence electrons. The van der Waals surface area contributed by atoms with Crippen LogP contribution in [0.25, 0.3) is 10.9 Å². The third kappa shape index (κ3) is 5.38. The van der Waals surface area contributed by atoms with E-state index in [1.165, 1.54) is 17.8 Å². The van der Waals surface area contributed by atoms with E-state index in [2.05, 4.69) is 17.0 Å². The number of nitrogens with zero attached hydrogens (tertiary/aromatic N) is 3. The third-order valence-corrected chi connectivity index (χ3v) is 7.56. The van der Waals surface area contributed by atoms with Crippen molar-refractivity contribution < 1.29 is 19.0 Å². The summed E-state index contributed by atoms with van der Waals surface area (Å²) in [7, 11) is 0. The lowest BCUT2D eigenvalue weighted by Gasteiger charge is -2.36. The van der Waals surface area contributed by atoms with Crippen LogP contribution < -0.4 is 15.1 Å². The molecule has 2 aliphatic rings. The second kappa shape index (κ2) is 10.5. The van der Waals surface area contributed by atoms with Crippen molar-refractivity contribution in [2.24, 2.45) is 0 Å². The summed E-state index contributed by atoms with van der Waals surface area (Å²) in [6.07, 6.45) is 3.26. The first kappa shape index (κ1) is 25.1. The number of benzene rings is 3. The van der Waals surface area contributed by atoms with Crippen LogP contribution in [0.5, 0.6) is 5.75 Å². The zero-order chi connectivity index (χ0) is 26.9. The van der Waals surface area contributed by atoms with Crippen molar-refractivity contribution in [1.29, 1.82) is 0 Å². The minimum Gasteiger partial charge on any atom is -0.489 e. The Morgan fingerprint density at radius 2 is 1.67 bits per heavy atom. The Morgan fingerprint density at radius 3 is 2.33 bits per heavy atom. The number of aromatic nitrogens is 1. The second-order valence-electron chi connectivity index (χ2n) is 10.3. The molecule has 1 aliphatic carbocycles. The second-order valence-corrected chi connectivity index (χ2v) is 10.3. The zero-order valence-corrected chi connectivity index (χ0v) is 21.6. The van der Waals surface area contributed by atoms with Crippen molar-refractivity contribution in [3.8, 4) is 5.75 Å². The number of hydrogen-bond acceptors (Lipinski definition) is 5. The van der Waals surface area contributed by atoms with Crippen LogP contribution in [0.1, 0.15) is 40.4 Å². The predicted molar refractivity (Wildman–Crippen MR) is 148 cm³/mol. The summed E-state index contributed by atoms with van der Waals surface area (Å²) in [4.78, 5) is 28.7. The van der Waals surface area contributed by atoms with Crippen molar-refractivity contribution in [1.82, 2.24) is 9.47 Å². The normalized spacial score (nSPS) is 16.0. The SMILES string of the molecule is O=C(O)c1cn(C2CC2)c2cc(N3CCN(Cc4ccc(OCc5ccccc5)cc4)CC3)c(F)cc2c1=O. The van der Waals surface area contributed by atoms with E-state index in [4.69, 9.17) is 4.74 Å². The summed E-state index contributed by atoms with van der Waals surface area (Å²) in [5.41, 5.74) is 2.42. The highest BCUT2D eigenvalue weighted by atomic mass is 19.1. The topological polar surface area (TPSA) is 75.0 Å². The average Bonchev–Trinajstić information content (AvgIpc) is 3.79. The van der Waals surface area contributed by atoms with Gasteiger partial charge in [0.15, 0.2) is 0 Å². The smallest absolute Gasteiger partial charge is 0.341 e. The summed E-state index contributed by atoms with van der Waals surface area (Å²) in [5.74, 6) is -0.949. The van der Waals surface area contributed by atoms with Crippen molar-refractivity contribution in [3.05, 3.63) is 106 Å². The number of hydrogen-bond donors (Lipinski definition) is 1. The monoisotopic (exact) mass is 527 g/mol. The summed E-state index contributed by atoms with van der Waals surface area (Å²) in [6, 6.07) is 21.3. The van der Waals surface area contributed by atoms with E-state index in [9.17, 15) is 14.7 Å². The summed E-state index contributed by atoms with van der Waals surface area (Å²) >= 11 is 0. The number of aromatic carboxylic acids is 1. The summed E-state index contributed by atoms with van der Waals surface area (Å²) < 4.78 is 23.0. The lowest BCUT2D eigenvalue weighted by atomic mass is 10.1. The maximum Gasteiger partial charge on any atom is 0.341 e. The molecule has 0 unspecified atom stereocenters. The number of carbonyl (C=O) groups is 1. The number of pyridine rings is 1. The van der Waals surface area contributed by atoms with E-state index in [-0.39, 0.29) is 17.0 Å². The largest absolute Gasteiger partial charge is 0.489 e. The lowest BCUT2D eigenvalue weighted by Crippen LogP contribution is -2.46. The predicted octanol–water partition coefficient (Wildman–Crippen LogP) is 5.07. The van der Waals surface area contributed by atoms with Gasteiger partial charge in [-0.05, 0) is 48.2 Å². The molecule has 1 saturated heterocycles. The van der Waals surface area contributed by atoms with Gasteiger partial charge in [-0.3, -0.25) is 9.69 Å². The molecule has 6 rings (SSSR count). The van der Waals surface area contributed by atoms with E-state index in [1.54, 1.807) is 6.07 Å². The van der Waals surface area contributed by atoms with E-state index < -0.39 is 17.2 Å². The highest BCUT2D eigenvalue weighted by Gasteiger charge is 2.28. The maximum absolute atomic E-state index is 15.3. The molecule has 1 N–H and O–H groups in total. The number of anilines is 1. The van der Waals surface area contributed by atoms with Crippen LogP contribution in [0, 0.1) is 5.82 Å². The lowest BCUT2D eigenvalue weighted by molar-refractivity contribution is 0.0695. The van der Waals surface area contributed by atoms with Gasteiger partial charge < -0.3 is 19.3 Å². The van der Waals surface area contributed by atoms with Gasteiger partial charge in [0.25, 0.3) is 0 Å². The molecule has 4 aromatic rings. The van der Waals surface area contributed by atoms with Crippen molar-refractivity contribution in [3.63, 3.8) is 0 Å². The highest BCUT2D eigenvalue weighted by molar-refractivity contribution is 5.93. The zero-order valence-electron chi connectivity index (χ0n) is 21.6. The minimum atomic E-state index is -1.29. The number of carboxylic acids is 1. The van der Waals surface area contributed by atoms with E-state index in [0.29, 0.717) is 30.9 Å². The number of rotatable bonds is 8. The minimum absolute atomic E-state index is 0.123. The Bertz CT molecular complexity index is 1560. The molecular formula is C31H30FN3O4. The van der Waals surface area contributed by atoms with Gasteiger partial charge in [0, 0.05) is 50.3 Å². The quantitative estimate of drug-likeness (QED) is 0.345. The number of halogens is 1. The van der Waals surface area contributed by atoms with Gasteiger partial charge in [0.1, 0.15) is 23.7 Å². The highest BCUT2D eigenvalue weighted by Crippen LogP contribution is 2.38. The summed E-state index contributed by atoms with van der Waals surface area (Å²) in [5, 5.41) is 9.59. The van der Waals surface area contributed by atoms with E-state index in [1.807, 2.05) is 51.9 Å². The Kier molecular flexibility index (Phi) is 6.79. The molecule has 39 heavy (non-hydrogen) atoms. The Morgan fingerprint density at radius 1 is 0.949 bits per heavy atom. The van der Waals surface area contributed by atoms with Crippen LogP contribution in [-0.4, -0.2) is 46.7 Å². The van der Waals surface area contributed by atoms with Gasteiger partial charge in [-0.15, -0.1) is 0 Å².